The second-order valence-corrected chi connectivity index (χ2v) is 5.43. The highest BCUT2D eigenvalue weighted by Gasteiger charge is 2.22. The van der Waals surface area contributed by atoms with E-state index in [1.165, 1.54) is 0 Å². The number of carbonyl (C=O) groups is 1. The smallest absolute Gasteiger partial charge is 0.344 e. The molecule has 0 atom stereocenters. The minimum atomic E-state index is -0.404. The van der Waals surface area contributed by atoms with E-state index in [0.29, 0.717) is 23.6 Å². The summed E-state index contributed by atoms with van der Waals surface area (Å²) in [6, 6.07) is 13.4. The number of nitrogens with zero attached hydrogens (tertiary/aromatic N) is 2. The summed E-state index contributed by atoms with van der Waals surface area (Å²) in [5.41, 5.74) is 2.87. The topological polar surface area (TPSA) is 65.2 Å². The number of carbonyl (C=O) groups excluding carboxylic acids is 1. The number of esters is 1. The predicted molar refractivity (Wildman–Crippen MR) is 89.5 cm³/mol. The summed E-state index contributed by atoms with van der Waals surface area (Å²) in [6.45, 7) is 2.05. The van der Waals surface area contributed by atoms with Gasteiger partial charge < -0.3 is 9.26 Å². The lowest BCUT2D eigenvalue weighted by atomic mass is 10.1. The molecule has 0 fully saturated rings. The Morgan fingerprint density at radius 1 is 1.17 bits per heavy atom. The molecule has 0 amide bonds. The van der Waals surface area contributed by atoms with E-state index in [9.17, 15) is 4.79 Å². The average molecular weight is 322 g/mol. The van der Waals surface area contributed by atoms with E-state index in [0.717, 1.165) is 24.0 Å². The summed E-state index contributed by atoms with van der Waals surface area (Å²) >= 11 is 0. The monoisotopic (exact) mass is 322 g/mol. The van der Waals surface area contributed by atoms with Crippen LogP contribution in [0, 0.1) is 6.92 Å². The number of pyridine rings is 1. The third-order valence-electron chi connectivity index (χ3n) is 3.68. The molecule has 0 unspecified atom stereocenters. The fourth-order valence-corrected chi connectivity index (χ4v) is 2.46. The van der Waals surface area contributed by atoms with Crippen LogP contribution in [0.3, 0.4) is 0 Å². The number of hydrogen-bond donors (Lipinski definition) is 0. The van der Waals surface area contributed by atoms with Gasteiger partial charge in [0.15, 0.2) is 0 Å². The fraction of sp³-hybridized carbons (Fsp3) is 0.211. The Morgan fingerprint density at radius 3 is 2.75 bits per heavy atom. The van der Waals surface area contributed by atoms with Crippen molar-refractivity contribution in [1.82, 2.24) is 10.1 Å². The highest BCUT2D eigenvalue weighted by Crippen LogP contribution is 2.25. The number of aryl methyl sites for hydroxylation is 2. The molecule has 0 aliphatic rings. The van der Waals surface area contributed by atoms with Crippen LogP contribution in [-0.2, 0) is 11.2 Å². The van der Waals surface area contributed by atoms with Gasteiger partial charge in [-0.1, -0.05) is 41.6 Å². The molecule has 2 aromatic heterocycles. The van der Waals surface area contributed by atoms with Crippen LogP contribution in [-0.4, -0.2) is 22.7 Å². The molecule has 0 spiro atoms. The van der Waals surface area contributed by atoms with Crippen LogP contribution in [0.25, 0.3) is 11.3 Å². The minimum Gasteiger partial charge on any atom is -0.462 e. The molecule has 0 bridgehead atoms. The van der Waals surface area contributed by atoms with Gasteiger partial charge in [-0.2, -0.15) is 0 Å². The van der Waals surface area contributed by atoms with E-state index in [2.05, 4.69) is 10.1 Å². The molecular weight excluding hydrogens is 304 g/mol. The maximum absolute atomic E-state index is 12.4. The van der Waals surface area contributed by atoms with E-state index < -0.39 is 5.97 Å². The molecule has 3 aromatic rings. The molecule has 0 saturated carbocycles. The molecular formula is C19H18N2O3. The lowest BCUT2D eigenvalue weighted by Gasteiger charge is -2.05. The Hall–Kier alpha value is -2.95. The van der Waals surface area contributed by atoms with Crippen LogP contribution in [0.2, 0.25) is 0 Å². The van der Waals surface area contributed by atoms with Crippen molar-refractivity contribution in [3.8, 4) is 11.3 Å². The molecule has 5 heteroatoms. The number of ether oxygens (including phenoxy) is 1. The van der Waals surface area contributed by atoms with Gasteiger partial charge in [-0.05, 0) is 31.4 Å². The van der Waals surface area contributed by atoms with Crippen LogP contribution >= 0.6 is 0 Å². The first-order valence-corrected chi connectivity index (χ1v) is 7.83. The molecule has 0 aliphatic heterocycles. The van der Waals surface area contributed by atoms with E-state index in [4.69, 9.17) is 9.26 Å². The third-order valence-corrected chi connectivity index (χ3v) is 3.68. The quantitative estimate of drug-likeness (QED) is 0.509. The van der Waals surface area contributed by atoms with Gasteiger partial charge in [-0.25, -0.2) is 4.79 Å². The first-order chi connectivity index (χ1) is 11.8. The number of benzene rings is 1. The van der Waals surface area contributed by atoms with Crippen molar-refractivity contribution in [2.24, 2.45) is 0 Å². The summed E-state index contributed by atoms with van der Waals surface area (Å²) in [5, 5.41) is 4.00. The molecule has 0 aliphatic carbocycles. The second-order valence-electron chi connectivity index (χ2n) is 5.43. The zero-order valence-corrected chi connectivity index (χ0v) is 13.4. The fourth-order valence-electron chi connectivity index (χ4n) is 2.46. The maximum atomic E-state index is 12.4. The second kappa shape index (κ2) is 7.55. The number of aromatic nitrogens is 2. The van der Waals surface area contributed by atoms with Gasteiger partial charge in [0.2, 0.25) is 0 Å². The van der Waals surface area contributed by atoms with E-state index in [1.54, 1.807) is 13.1 Å². The van der Waals surface area contributed by atoms with Gasteiger partial charge in [-0.15, -0.1) is 0 Å². The Kier molecular flexibility index (Phi) is 5.01. The van der Waals surface area contributed by atoms with Crippen molar-refractivity contribution in [2.45, 2.75) is 19.8 Å². The minimum absolute atomic E-state index is 0.340. The summed E-state index contributed by atoms with van der Waals surface area (Å²) in [7, 11) is 0. The van der Waals surface area contributed by atoms with Crippen LogP contribution in [0.1, 0.15) is 28.1 Å². The van der Waals surface area contributed by atoms with Crippen LogP contribution in [0.4, 0.5) is 0 Å². The molecule has 0 radical (unpaired) electrons. The van der Waals surface area contributed by atoms with Crippen LogP contribution in [0.5, 0.6) is 0 Å². The SMILES string of the molecule is Cc1onc(-c2ccccc2)c1C(=O)OCCCc1cccnc1. The Balaban J connectivity index is 1.62. The van der Waals surface area contributed by atoms with Crippen molar-refractivity contribution < 1.29 is 14.1 Å². The van der Waals surface area contributed by atoms with Crippen LogP contribution < -0.4 is 0 Å². The third kappa shape index (κ3) is 3.68. The lowest BCUT2D eigenvalue weighted by Crippen LogP contribution is -2.09. The molecule has 3 rings (SSSR count). The molecule has 2 heterocycles. The van der Waals surface area contributed by atoms with Crippen molar-refractivity contribution in [2.75, 3.05) is 6.61 Å². The van der Waals surface area contributed by atoms with Crippen molar-refractivity contribution in [3.05, 3.63) is 71.7 Å². The molecule has 1 aromatic carbocycles. The van der Waals surface area contributed by atoms with Gasteiger partial charge in [0.1, 0.15) is 17.0 Å². The van der Waals surface area contributed by atoms with E-state index in [-0.39, 0.29) is 0 Å². The van der Waals surface area contributed by atoms with E-state index in [1.807, 2.05) is 48.7 Å². The highest BCUT2D eigenvalue weighted by molar-refractivity contribution is 5.97. The van der Waals surface area contributed by atoms with Gasteiger partial charge >= 0.3 is 5.97 Å². The first kappa shape index (κ1) is 15.9. The summed E-state index contributed by atoms with van der Waals surface area (Å²) < 4.78 is 10.6. The molecule has 122 valence electrons. The largest absolute Gasteiger partial charge is 0.462 e. The van der Waals surface area contributed by atoms with Gasteiger partial charge in [-0.3, -0.25) is 4.98 Å². The zero-order valence-electron chi connectivity index (χ0n) is 13.4. The molecule has 0 saturated heterocycles. The number of hydrogen-bond acceptors (Lipinski definition) is 5. The van der Waals surface area contributed by atoms with Gasteiger partial charge in [0.25, 0.3) is 0 Å². The standard InChI is InChI=1S/C19H18N2O3/c1-14-17(18(21-24-14)16-9-3-2-4-10-16)19(22)23-12-6-8-15-7-5-11-20-13-15/h2-5,7,9-11,13H,6,8,12H2,1H3. The normalized spacial score (nSPS) is 10.5. The summed E-state index contributed by atoms with van der Waals surface area (Å²) in [6.07, 6.45) is 5.11. The molecule has 24 heavy (non-hydrogen) atoms. The summed E-state index contributed by atoms with van der Waals surface area (Å²) in [4.78, 5) is 16.5. The first-order valence-electron chi connectivity index (χ1n) is 7.83. The summed E-state index contributed by atoms with van der Waals surface area (Å²) in [5.74, 6) is 0.0601. The van der Waals surface area contributed by atoms with E-state index >= 15 is 0 Å². The maximum Gasteiger partial charge on any atom is 0.344 e. The predicted octanol–water partition coefficient (Wildman–Crippen LogP) is 3.83. The van der Waals surface area contributed by atoms with Gasteiger partial charge in [0.05, 0.1) is 6.61 Å². The molecule has 5 nitrogen and oxygen atoms in total. The lowest BCUT2D eigenvalue weighted by molar-refractivity contribution is 0.0499. The van der Waals surface area contributed by atoms with Crippen molar-refractivity contribution >= 4 is 5.97 Å². The molecule has 0 N–H and O–H groups in total. The van der Waals surface area contributed by atoms with Crippen LogP contribution in [0.15, 0.2) is 59.4 Å². The van der Waals surface area contributed by atoms with Crippen molar-refractivity contribution in [3.63, 3.8) is 0 Å². The van der Waals surface area contributed by atoms with Gasteiger partial charge in [0, 0.05) is 18.0 Å². The highest BCUT2D eigenvalue weighted by atomic mass is 16.5. The Labute approximate surface area is 140 Å². The zero-order chi connectivity index (χ0) is 16.8. The Bertz CT molecular complexity index is 798. The average Bonchev–Trinajstić information content (AvgIpc) is 3.02. The number of rotatable bonds is 6. The van der Waals surface area contributed by atoms with Crippen molar-refractivity contribution in [1.29, 1.82) is 0 Å². The Morgan fingerprint density at radius 2 is 2.00 bits per heavy atom.